The molecule has 0 aliphatic heterocycles. The summed E-state index contributed by atoms with van der Waals surface area (Å²) in [6.07, 6.45) is 0. The Kier molecular flexibility index (Phi) is 4.34. The van der Waals surface area contributed by atoms with Gasteiger partial charge in [-0.1, -0.05) is 48.5 Å². The third-order valence-electron chi connectivity index (χ3n) is 3.37. The normalized spacial score (nSPS) is 10.3. The number of hydrogen-bond acceptors (Lipinski definition) is 3. The number of ether oxygens (including phenoxy) is 1. The maximum atomic E-state index is 11.1. The summed E-state index contributed by atoms with van der Waals surface area (Å²) in [4.78, 5) is 15.3. The molecule has 23 heavy (non-hydrogen) atoms. The molecule has 3 aromatic rings. The van der Waals surface area contributed by atoms with Crippen molar-refractivity contribution < 1.29 is 14.6 Å². The predicted octanol–water partition coefficient (Wildman–Crippen LogP) is 4.03. The van der Waals surface area contributed by atoms with Gasteiger partial charge in [-0.3, -0.25) is 0 Å². The molecule has 1 N–H and O–H groups in total. The highest BCUT2D eigenvalue weighted by Crippen LogP contribution is 2.29. The van der Waals surface area contributed by atoms with Crippen LogP contribution in [0.15, 0.2) is 72.8 Å². The maximum Gasteiger partial charge on any atom is 0.354 e. The fraction of sp³-hybridized carbons (Fsp3) is 0.0526. The fourth-order valence-corrected chi connectivity index (χ4v) is 2.24. The van der Waals surface area contributed by atoms with Crippen molar-refractivity contribution in [2.24, 2.45) is 0 Å². The highest BCUT2D eigenvalue weighted by Gasteiger charge is 2.10. The van der Waals surface area contributed by atoms with Crippen LogP contribution in [0.3, 0.4) is 0 Å². The minimum atomic E-state index is -1.05. The topological polar surface area (TPSA) is 59.4 Å². The van der Waals surface area contributed by atoms with Crippen molar-refractivity contribution in [3.05, 3.63) is 84.1 Å². The lowest BCUT2D eigenvalue weighted by Crippen LogP contribution is -2.02. The van der Waals surface area contributed by atoms with Gasteiger partial charge in [0.15, 0.2) is 0 Å². The largest absolute Gasteiger partial charge is 0.488 e. The van der Waals surface area contributed by atoms with Gasteiger partial charge in [0.25, 0.3) is 0 Å². The van der Waals surface area contributed by atoms with E-state index in [-0.39, 0.29) is 5.69 Å². The number of nitrogens with zero attached hydrogens (tertiary/aromatic N) is 1. The molecule has 0 spiro atoms. The summed E-state index contributed by atoms with van der Waals surface area (Å²) < 4.78 is 5.89. The third-order valence-corrected chi connectivity index (χ3v) is 3.37. The molecule has 0 amide bonds. The fourth-order valence-electron chi connectivity index (χ4n) is 2.24. The van der Waals surface area contributed by atoms with Crippen LogP contribution in [0, 0.1) is 0 Å². The van der Waals surface area contributed by atoms with Gasteiger partial charge in [0, 0.05) is 5.56 Å². The van der Waals surface area contributed by atoms with E-state index in [2.05, 4.69) is 4.98 Å². The van der Waals surface area contributed by atoms with Gasteiger partial charge in [-0.25, -0.2) is 9.78 Å². The monoisotopic (exact) mass is 305 g/mol. The van der Waals surface area contributed by atoms with E-state index in [0.29, 0.717) is 18.1 Å². The zero-order valence-corrected chi connectivity index (χ0v) is 12.3. The first-order valence-corrected chi connectivity index (χ1v) is 7.20. The summed E-state index contributed by atoms with van der Waals surface area (Å²) >= 11 is 0. The van der Waals surface area contributed by atoms with Crippen molar-refractivity contribution in [3.63, 3.8) is 0 Å². The summed E-state index contributed by atoms with van der Waals surface area (Å²) in [5.74, 6) is -0.374. The van der Waals surface area contributed by atoms with Gasteiger partial charge in [-0.15, -0.1) is 0 Å². The Hall–Kier alpha value is -3.14. The second kappa shape index (κ2) is 6.75. The minimum absolute atomic E-state index is 0.0142. The van der Waals surface area contributed by atoms with Gasteiger partial charge in [0.1, 0.15) is 18.1 Å². The second-order valence-corrected chi connectivity index (χ2v) is 4.98. The molecule has 0 saturated carbocycles. The number of carboxylic acids is 1. The highest BCUT2D eigenvalue weighted by molar-refractivity contribution is 5.86. The molecule has 1 aromatic heterocycles. The summed E-state index contributed by atoms with van der Waals surface area (Å²) in [6.45, 7) is 0.441. The Bertz CT molecular complexity index is 816. The van der Waals surface area contributed by atoms with Crippen LogP contribution >= 0.6 is 0 Å². The van der Waals surface area contributed by atoms with E-state index in [1.165, 1.54) is 6.07 Å². The average Bonchev–Trinajstić information content (AvgIpc) is 2.61. The third kappa shape index (κ3) is 3.55. The van der Waals surface area contributed by atoms with E-state index < -0.39 is 5.97 Å². The van der Waals surface area contributed by atoms with Gasteiger partial charge in [0.2, 0.25) is 0 Å². The molecule has 1 heterocycles. The molecule has 2 aromatic carbocycles. The zero-order chi connectivity index (χ0) is 16.1. The summed E-state index contributed by atoms with van der Waals surface area (Å²) in [7, 11) is 0. The Balaban J connectivity index is 1.89. The molecule has 4 heteroatoms. The first kappa shape index (κ1) is 14.8. The molecule has 0 unspecified atom stereocenters. The smallest absolute Gasteiger partial charge is 0.354 e. The molecular weight excluding hydrogens is 290 g/mol. The second-order valence-electron chi connectivity index (χ2n) is 4.98. The quantitative estimate of drug-likeness (QED) is 0.773. The van der Waals surface area contributed by atoms with Crippen molar-refractivity contribution >= 4 is 5.97 Å². The van der Waals surface area contributed by atoms with Crippen LogP contribution in [0.5, 0.6) is 5.75 Å². The Labute approximate surface area is 134 Å². The standard InChI is InChI=1S/C19H15NO3/c21-19(22)17-11-6-10-16(20-17)15-9-4-5-12-18(15)23-13-14-7-2-1-3-8-14/h1-12H,13H2,(H,21,22). The number of carboxylic acid groups (broad SMARTS) is 1. The average molecular weight is 305 g/mol. The molecule has 3 rings (SSSR count). The summed E-state index contributed by atoms with van der Waals surface area (Å²) in [5, 5.41) is 9.08. The van der Waals surface area contributed by atoms with Crippen LogP contribution in [0.2, 0.25) is 0 Å². The van der Waals surface area contributed by atoms with E-state index in [1.54, 1.807) is 12.1 Å². The number of hydrogen-bond donors (Lipinski definition) is 1. The van der Waals surface area contributed by atoms with Crippen LogP contribution in [0.1, 0.15) is 16.1 Å². The highest BCUT2D eigenvalue weighted by atomic mass is 16.5. The Morgan fingerprint density at radius 1 is 0.913 bits per heavy atom. The predicted molar refractivity (Wildman–Crippen MR) is 87.4 cm³/mol. The van der Waals surface area contributed by atoms with Crippen molar-refractivity contribution in [2.45, 2.75) is 6.61 Å². The van der Waals surface area contributed by atoms with Crippen molar-refractivity contribution in [1.29, 1.82) is 0 Å². The molecule has 0 saturated heterocycles. The number of rotatable bonds is 5. The molecular formula is C19H15NO3. The lowest BCUT2D eigenvalue weighted by molar-refractivity contribution is 0.0690. The SMILES string of the molecule is O=C(O)c1cccc(-c2ccccc2OCc2ccccc2)n1. The van der Waals surface area contributed by atoms with Crippen LogP contribution < -0.4 is 4.74 Å². The van der Waals surface area contributed by atoms with E-state index in [4.69, 9.17) is 9.84 Å². The number of pyridine rings is 1. The first-order chi connectivity index (χ1) is 11.2. The Morgan fingerprint density at radius 3 is 2.43 bits per heavy atom. The number of carbonyl (C=O) groups is 1. The van der Waals surface area contributed by atoms with Crippen LogP contribution in [0.4, 0.5) is 0 Å². The Morgan fingerprint density at radius 2 is 1.65 bits per heavy atom. The van der Waals surface area contributed by atoms with Gasteiger partial charge in [0.05, 0.1) is 5.69 Å². The molecule has 0 bridgehead atoms. The molecule has 0 fully saturated rings. The van der Waals surface area contributed by atoms with Gasteiger partial charge < -0.3 is 9.84 Å². The number of para-hydroxylation sites is 1. The van der Waals surface area contributed by atoms with E-state index >= 15 is 0 Å². The lowest BCUT2D eigenvalue weighted by atomic mass is 10.1. The first-order valence-electron chi connectivity index (χ1n) is 7.20. The van der Waals surface area contributed by atoms with Crippen molar-refractivity contribution in [2.75, 3.05) is 0 Å². The van der Waals surface area contributed by atoms with Gasteiger partial charge in [-0.2, -0.15) is 0 Å². The molecule has 0 aliphatic carbocycles. The van der Waals surface area contributed by atoms with E-state index in [0.717, 1.165) is 11.1 Å². The van der Waals surface area contributed by atoms with E-state index in [1.807, 2.05) is 54.6 Å². The van der Waals surface area contributed by atoms with Gasteiger partial charge >= 0.3 is 5.97 Å². The molecule has 0 aliphatic rings. The number of aromatic carboxylic acids is 1. The van der Waals surface area contributed by atoms with Crippen LogP contribution in [-0.2, 0) is 6.61 Å². The van der Waals surface area contributed by atoms with Crippen LogP contribution in [0.25, 0.3) is 11.3 Å². The zero-order valence-electron chi connectivity index (χ0n) is 12.3. The van der Waals surface area contributed by atoms with E-state index in [9.17, 15) is 4.79 Å². The number of aromatic nitrogens is 1. The summed E-state index contributed by atoms with van der Waals surface area (Å²) in [6, 6.07) is 22.3. The molecule has 0 atom stereocenters. The minimum Gasteiger partial charge on any atom is -0.488 e. The van der Waals surface area contributed by atoms with Gasteiger partial charge in [-0.05, 0) is 29.8 Å². The molecule has 114 valence electrons. The van der Waals surface area contributed by atoms with Crippen molar-refractivity contribution in [3.8, 4) is 17.0 Å². The molecule has 0 radical (unpaired) electrons. The van der Waals surface area contributed by atoms with Crippen molar-refractivity contribution in [1.82, 2.24) is 4.98 Å². The van der Waals surface area contributed by atoms with Crippen LogP contribution in [-0.4, -0.2) is 16.1 Å². The number of benzene rings is 2. The maximum absolute atomic E-state index is 11.1. The summed E-state index contributed by atoms with van der Waals surface area (Å²) in [5.41, 5.74) is 2.43. The molecule has 4 nitrogen and oxygen atoms in total. The lowest BCUT2D eigenvalue weighted by Gasteiger charge is -2.11.